The van der Waals surface area contributed by atoms with Crippen LogP contribution in [-0.4, -0.2) is 26.2 Å². The van der Waals surface area contributed by atoms with Crippen LogP contribution in [0.15, 0.2) is 48.8 Å². The SMILES string of the molecule is O=C(NCc1ccc(F)c(CO)c1)c1cccc(-c2ncn[nH]2)c1. The molecule has 0 spiro atoms. The molecule has 0 saturated heterocycles. The standard InChI is InChI=1S/C17H15FN4O2/c18-15-5-4-11(6-14(15)9-23)8-19-17(24)13-3-1-2-12(7-13)16-20-10-21-22-16/h1-7,10,23H,8-9H2,(H,19,24)(H,20,21,22). The average Bonchev–Trinajstić information content (AvgIpc) is 3.15. The van der Waals surface area contributed by atoms with E-state index in [0.717, 1.165) is 5.56 Å². The number of nitrogens with one attached hydrogen (secondary N) is 2. The Morgan fingerprint density at radius 3 is 2.88 bits per heavy atom. The van der Waals surface area contributed by atoms with Crippen molar-refractivity contribution in [1.29, 1.82) is 0 Å². The Hall–Kier alpha value is -3.06. The molecule has 0 radical (unpaired) electrons. The van der Waals surface area contributed by atoms with Crippen molar-refractivity contribution in [3.8, 4) is 11.4 Å². The first-order valence-corrected chi connectivity index (χ1v) is 7.29. The average molecular weight is 326 g/mol. The van der Waals surface area contributed by atoms with E-state index in [1.807, 2.05) is 6.07 Å². The molecule has 1 aromatic heterocycles. The summed E-state index contributed by atoms with van der Waals surface area (Å²) in [6.45, 7) is -0.147. The van der Waals surface area contributed by atoms with Crippen LogP contribution in [-0.2, 0) is 13.2 Å². The molecule has 122 valence electrons. The van der Waals surface area contributed by atoms with Gasteiger partial charge in [-0.15, -0.1) is 0 Å². The van der Waals surface area contributed by atoms with E-state index in [1.54, 1.807) is 24.3 Å². The summed E-state index contributed by atoms with van der Waals surface area (Å²) in [6, 6.07) is 11.4. The molecule has 6 nitrogen and oxygen atoms in total. The maximum atomic E-state index is 13.4. The molecule has 0 atom stereocenters. The zero-order chi connectivity index (χ0) is 16.9. The quantitative estimate of drug-likeness (QED) is 0.669. The van der Waals surface area contributed by atoms with E-state index in [-0.39, 0.29) is 24.6 Å². The lowest BCUT2D eigenvalue weighted by atomic mass is 10.1. The first kappa shape index (κ1) is 15.8. The van der Waals surface area contributed by atoms with Crippen LogP contribution in [0.25, 0.3) is 11.4 Å². The molecule has 0 aliphatic rings. The molecule has 2 aromatic carbocycles. The van der Waals surface area contributed by atoms with Gasteiger partial charge in [-0.25, -0.2) is 9.37 Å². The highest BCUT2D eigenvalue weighted by Gasteiger charge is 2.09. The second-order valence-electron chi connectivity index (χ2n) is 5.18. The minimum atomic E-state index is -0.465. The molecule has 1 heterocycles. The van der Waals surface area contributed by atoms with Crippen molar-refractivity contribution < 1.29 is 14.3 Å². The second-order valence-corrected chi connectivity index (χ2v) is 5.18. The van der Waals surface area contributed by atoms with Crippen LogP contribution in [0.4, 0.5) is 4.39 Å². The Balaban J connectivity index is 1.70. The molecule has 0 aliphatic heterocycles. The number of carbonyl (C=O) groups is 1. The number of hydrogen-bond donors (Lipinski definition) is 3. The number of aromatic amines is 1. The largest absolute Gasteiger partial charge is 0.392 e. The molecule has 3 aromatic rings. The molecule has 3 rings (SSSR count). The molecule has 0 aliphatic carbocycles. The highest BCUT2D eigenvalue weighted by atomic mass is 19.1. The lowest BCUT2D eigenvalue weighted by Gasteiger charge is -2.08. The van der Waals surface area contributed by atoms with Crippen LogP contribution in [0.3, 0.4) is 0 Å². The van der Waals surface area contributed by atoms with Crippen molar-refractivity contribution in [2.75, 3.05) is 0 Å². The molecule has 1 amide bonds. The summed E-state index contributed by atoms with van der Waals surface area (Å²) in [4.78, 5) is 16.3. The van der Waals surface area contributed by atoms with Gasteiger partial charge in [-0.3, -0.25) is 9.89 Å². The van der Waals surface area contributed by atoms with Gasteiger partial charge in [0.25, 0.3) is 5.91 Å². The molecule has 7 heteroatoms. The minimum Gasteiger partial charge on any atom is -0.392 e. The van der Waals surface area contributed by atoms with Gasteiger partial charge in [0.05, 0.1) is 6.61 Å². The van der Waals surface area contributed by atoms with Gasteiger partial charge in [0.1, 0.15) is 12.1 Å². The number of rotatable bonds is 5. The van der Waals surface area contributed by atoms with Crippen LogP contribution in [0, 0.1) is 5.82 Å². The van der Waals surface area contributed by atoms with Gasteiger partial charge in [0.2, 0.25) is 0 Å². The lowest BCUT2D eigenvalue weighted by Crippen LogP contribution is -2.22. The molecule has 24 heavy (non-hydrogen) atoms. The van der Waals surface area contributed by atoms with Crippen LogP contribution >= 0.6 is 0 Å². The van der Waals surface area contributed by atoms with Gasteiger partial charge in [-0.05, 0) is 29.8 Å². The summed E-state index contributed by atoms with van der Waals surface area (Å²) in [6.07, 6.45) is 1.40. The number of carbonyl (C=O) groups excluding carboxylic acids is 1. The number of benzene rings is 2. The number of aliphatic hydroxyl groups is 1. The molecule has 0 bridgehead atoms. The van der Waals surface area contributed by atoms with E-state index in [4.69, 9.17) is 5.11 Å². The summed E-state index contributed by atoms with van der Waals surface area (Å²) >= 11 is 0. The molecule has 0 saturated carbocycles. The Kier molecular flexibility index (Phi) is 4.62. The fraction of sp³-hybridized carbons (Fsp3) is 0.118. The number of aromatic nitrogens is 3. The number of amides is 1. The van der Waals surface area contributed by atoms with Gasteiger partial charge in [0.15, 0.2) is 5.82 Å². The smallest absolute Gasteiger partial charge is 0.251 e. The number of nitrogens with zero attached hydrogens (tertiary/aromatic N) is 2. The third-order valence-electron chi connectivity index (χ3n) is 3.55. The maximum Gasteiger partial charge on any atom is 0.251 e. The molecular weight excluding hydrogens is 311 g/mol. The van der Waals surface area contributed by atoms with Crippen molar-refractivity contribution in [2.24, 2.45) is 0 Å². The Morgan fingerprint density at radius 2 is 2.12 bits per heavy atom. The van der Waals surface area contributed by atoms with Crippen molar-refractivity contribution in [3.05, 3.63) is 71.3 Å². The van der Waals surface area contributed by atoms with Crippen LogP contribution in [0.2, 0.25) is 0 Å². The van der Waals surface area contributed by atoms with Gasteiger partial charge >= 0.3 is 0 Å². The van der Waals surface area contributed by atoms with E-state index in [1.165, 1.54) is 18.5 Å². The molecular formula is C17H15FN4O2. The van der Waals surface area contributed by atoms with Crippen molar-refractivity contribution in [3.63, 3.8) is 0 Å². The third-order valence-corrected chi connectivity index (χ3v) is 3.55. The summed E-state index contributed by atoms with van der Waals surface area (Å²) in [7, 11) is 0. The van der Waals surface area contributed by atoms with E-state index in [0.29, 0.717) is 17.0 Å². The van der Waals surface area contributed by atoms with Gasteiger partial charge in [0, 0.05) is 23.2 Å². The van der Waals surface area contributed by atoms with Crippen LogP contribution < -0.4 is 5.32 Å². The van der Waals surface area contributed by atoms with Gasteiger partial charge < -0.3 is 10.4 Å². The zero-order valence-corrected chi connectivity index (χ0v) is 12.7. The second kappa shape index (κ2) is 7.01. The highest BCUT2D eigenvalue weighted by molar-refractivity contribution is 5.95. The first-order valence-electron chi connectivity index (χ1n) is 7.29. The number of hydrogen-bond acceptors (Lipinski definition) is 4. The van der Waals surface area contributed by atoms with E-state index in [2.05, 4.69) is 20.5 Å². The van der Waals surface area contributed by atoms with E-state index >= 15 is 0 Å². The molecule has 3 N–H and O–H groups in total. The topological polar surface area (TPSA) is 90.9 Å². The van der Waals surface area contributed by atoms with Crippen LogP contribution in [0.1, 0.15) is 21.5 Å². The number of aliphatic hydroxyl groups excluding tert-OH is 1. The van der Waals surface area contributed by atoms with E-state index in [9.17, 15) is 9.18 Å². The summed E-state index contributed by atoms with van der Waals surface area (Å²) in [5.41, 5.74) is 2.15. The Bertz CT molecular complexity index is 850. The third kappa shape index (κ3) is 3.47. The summed E-state index contributed by atoms with van der Waals surface area (Å²) < 4.78 is 13.4. The van der Waals surface area contributed by atoms with E-state index < -0.39 is 5.82 Å². The zero-order valence-electron chi connectivity index (χ0n) is 12.7. The van der Waals surface area contributed by atoms with Crippen molar-refractivity contribution in [2.45, 2.75) is 13.2 Å². The predicted octanol–water partition coefficient (Wildman–Crippen LogP) is 2.03. The number of halogens is 1. The summed E-state index contributed by atoms with van der Waals surface area (Å²) in [5, 5.41) is 18.4. The summed E-state index contributed by atoms with van der Waals surface area (Å²) in [5.74, 6) is -0.144. The number of H-pyrrole nitrogens is 1. The minimum absolute atomic E-state index is 0.203. The molecule has 0 fully saturated rings. The Labute approximate surface area is 137 Å². The Morgan fingerprint density at radius 1 is 1.25 bits per heavy atom. The predicted molar refractivity (Wildman–Crippen MR) is 85.3 cm³/mol. The van der Waals surface area contributed by atoms with Gasteiger partial charge in [-0.2, -0.15) is 5.10 Å². The van der Waals surface area contributed by atoms with Crippen molar-refractivity contribution >= 4 is 5.91 Å². The monoisotopic (exact) mass is 326 g/mol. The first-order chi connectivity index (χ1) is 11.7. The maximum absolute atomic E-state index is 13.4. The van der Waals surface area contributed by atoms with Gasteiger partial charge in [-0.1, -0.05) is 18.2 Å². The normalized spacial score (nSPS) is 10.6. The van der Waals surface area contributed by atoms with Crippen molar-refractivity contribution in [1.82, 2.24) is 20.5 Å². The fourth-order valence-corrected chi connectivity index (χ4v) is 2.30. The fourth-order valence-electron chi connectivity index (χ4n) is 2.30. The lowest BCUT2D eigenvalue weighted by molar-refractivity contribution is 0.0951. The molecule has 0 unspecified atom stereocenters. The van der Waals surface area contributed by atoms with Crippen LogP contribution in [0.5, 0.6) is 0 Å². The highest BCUT2D eigenvalue weighted by Crippen LogP contribution is 2.16.